The molecule has 114 valence electrons. The van der Waals surface area contributed by atoms with Gasteiger partial charge in [-0.05, 0) is 61.2 Å². The van der Waals surface area contributed by atoms with E-state index in [0.717, 1.165) is 23.2 Å². The molecule has 0 saturated carbocycles. The Hall–Kier alpha value is -2.20. The van der Waals surface area contributed by atoms with E-state index in [2.05, 4.69) is 10.6 Å². The predicted octanol–water partition coefficient (Wildman–Crippen LogP) is 3.34. The van der Waals surface area contributed by atoms with Crippen molar-refractivity contribution in [3.8, 4) is 0 Å². The minimum atomic E-state index is -0.308. The summed E-state index contributed by atoms with van der Waals surface area (Å²) in [7, 11) is 0. The quantitative estimate of drug-likeness (QED) is 0.893. The lowest BCUT2D eigenvalue weighted by molar-refractivity contribution is 0.102. The SMILES string of the molecule is Cc1cccc(C(=O)Nc2ccc3c(c2F)CCNC3)c1C. The minimum absolute atomic E-state index is 0.256. The molecule has 0 atom stereocenters. The van der Waals surface area contributed by atoms with Gasteiger partial charge in [-0.2, -0.15) is 0 Å². The predicted molar refractivity (Wildman–Crippen MR) is 85.7 cm³/mol. The highest BCUT2D eigenvalue weighted by molar-refractivity contribution is 6.05. The maximum atomic E-state index is 14.6. The summed E-state index contributed by atoms with van der Waals surface area (Å²) < 4.78 is 14.6. The van der Waals surface area contributed by atoms with Crippen LogP contribution in [-0.2, 0) is 13.0 Å². The first-order valence-corrected chi connectivity index (χ1v) is 7.46. The van der Waals surface area contributed by atoms with Crippen LogP contribution in [0.25, 0.3) is 0 Å². The lowest BCUT2D eigenvalue weighted by Crippen LogP contribution is -2.25. The molecule has 4 heteroatoms. The number of amides is 1. The summed E-state index contributed by atoms with van der Waals surface area (Å²) in [5, 5.41) is 5.92. The van der Waals surface area contributed by atoms with Crippen LogP contribution in [0.1, 0.15) is 32.6 Å². The highest BCUT2D eigenvalue weighted by Crippen LogP contribution is 2.25. The maximum absolute atomic E-state index is 14.6. The van der Waals surface area contributed by atoms with E-state index in [1.54, 1.807) is 12.1 Å². The van der Waals surface area contributed by atoms with Gasteiger partial charge in [-0.1, -0.05) is 18.2 Å². The number of carbonyl (C=O) groups is 1. The Morgan fingerprint density at radius 3 is 2.86 bits per heavy atom. The van der Waals surface area contributed by atoms with E-state index in [1.165, 1.54) is 0 Å². The number of carbonyl (C=O) groups excluding carboxylic acids is 1. The number of rotatable bonds is 2. The number of hydrogen-bond acceptors (Lipinski definition) is 2. The molecule has 0 aromatic heterocycles. The first kappa shape index (κ1) is 14.7. The summed E-state index contributed by atoms with van der Waals surface area (Å²) in [6.07, 6.45) is 0.647. The van der Waals surface area contributed by atoms with Crippen molar-refractivity contribution in [1.82, 2.24) is 5.32 Å². The van der Waals surface area contributed by atoms with Crippen LogP contribution < -0.4 is 10.6 Å². The Morgan fingerprint density at radius 2 is 2.05 bits per heavy atom. The monoisotopic (exact) mass is 298 g/mol. The van der Waals surface area contributed by atoms with E-state index in [9.17, 15) is 9.18 Å². The normalized spacial score (nSPS) is 13.6. The third-order valence-electron chi connectivity index (χ3n) is 4.30. The second kappa shape index (κ2) is 5.89. The summed E-state index contributed by atoms with van der Waals surface area (Å²) in [6.45, 7) is 5.30. The van der Waals surface area contributed by atoms with Crippen LogP contribution in [0.15, 0.2) is 30.3 Å². The standard InChI is InChI=1S/C18H19FN2O/c1-11-4-3-5-14(12(11)2)18(22)21-16-7-6-13-10-20-9-8-15(13)17(16)19/h3-7,20H,8-10H2,1-2H3,(H,21,22). The largest absolute Gasteiger partial charge is 0.319 e. The molecule has 22 heavy (non-hydrogen) atoms. The van der Waals surface area contributed by atoms with Gasteiger partial charge in [0, 0.05) is 12.1 Å². The van der Waals surface area contributed by atoms with Gasteiger partial charge in [0.1, 0.15) is 5.82 Å². The number of nitrogens with one attached hydrogen (secondary N) is 2. The summed E-state index contributed by atoms with van der Waals surface area (Å²) >= 11 is 0. The van der Waals surface area contributed by atoms with Crippen molar-refractivity contribution in [2.24, 2.45) is 0 Å². The number of anilines is 1. The summed E-state index contributed by atoms with van der Waals surface area (Å²) in [6, 6.07) is 9.08. The third-order valence-corrected chi connectivity index (χ3v) is 4.30. The molecular weight excluding hydrogens is 279 g/mol. The molecule has 2 aromatic carbocycles. The molecule has 0 unspecified atom stereocenters. The van der Waals surface area contributed by atoms with Gasteiger partial charge in [0.2, 0.25) is 0 Å². The van der Waals surface area contributed by atoms with Gasteiger partial charge in [0.15, 0.2) is 0 Å². The molecule has 0 fully saturated rings. The fourth-order valence-corrected chi connectivity index (χ4v) is 2.82. The van der Waals surface area contributed by atoms with Crippen molar-refractivity contribution < 1.29 is 9.18 Å². The van der Waals surface area contributed by atoms with E-state index >= 15 is 0 Å². The Bertz CT molecular complexity index is 740. The van der Waals surface area contributed by atoms with E-state index in [-0.39, 0.29) is 17.4 Å². The van der Waals surface area contributed by atoms with E-state index in [4.69, 9.17) is 0 Å². The topological polar surface area (TPSA) is 41.1 Å². The number of halogens is 1. The molecule has 2 N–H and O–H groups in total. The smallest absolute Gasteiger partial charge is 0.256 e. The number of fused-ring (bicyclic) bond motifs is 1. The molecule has 1 aliphatic rings. The molecule has 1 amide bonds. The zero-order valence-corrected chi connectivity index (χ0v) is 12.8. The first-order chi connectivity index (χ1) is 10.6. The van der Waals surface area contributed by atoms with Gasteiger partial charge in [-0.15, -0.1) is 0 Å². The molecule has 2 aromatic rings. The molecule has 1 aliphatic heterocycles. The van der Waals surface area contributed by atoms with Crippen LogP contribution in [0.5, 0.6) is 0 Å². The van der Waals surface area contributed by atoms with Crippen molar-refractivity contribution in [2.75, 3.05) is 11.9 Å². The molecule has 0 radical (unpaired) electrons. The van der Waals surface area contributed by atoms with E-state index < -0.39 is 0 Å². The second-order valence-electron chi connectivity index (χ2n) is 5.69. The summed E-state index contributed by atoms with van der Waals surface area (Å²) in [5.41, 5.74) is 4.48. The molecule has 0 spiro atoms. The average Bonchev–Trinajstić information content (AvgIpc) is 2.53. The molecule has 0 bridgehead atoms. The summed E-state index contributed by atoms with van der Waals surface area (Å²) in [5.74, 6) is -0.577. The van der Waals surface area contributed by atoms with Crippen LogP contribution in [0.2, 0.25) is 0 Å². The molecule has 1 heterocycles. The van der Waals surface area contributed by atoms with Gasteiger partial charge in [-0.3, -0.25) is 4.79 Å². The Labute approximate surface area is 129 Å². The Kier molecular flexibility index (Phi) is 3.94. The van der Waals surface area contributed by atoms with Crippen LogP contribution >= 0.6 is 0 Å². The zero-order chi connectivity index (χ0) is 15.7. The highest BCUT2D eigenvalue weighted by Gasteiger charge is 2.18. The van der Waals surface area contributed by atoms with E-state index in [0.29, 0.717) is 24.1 Å². The summed E-state index contributed by atoms with van der Waals surface area (Å²) in [4.78, 5) is 12.4. The van der Waals surface area contributed by atoms with Gasteiger partial charge in [0.25, 0.3) is 5.91 Å². The zero-order valence-electron chi connectivity index (χ0n) is 12.8. The fraction of sp³-hybridized carbons (Fsp3) is 0.278. The molecule has 3 rings (SSSR count). The van der Waals surface area contributed by atoms with Gasteiger partial charge in [0.05, 0.1) is 5.69 Å². The number of benzene rings is 2. The molecule has 0 saturated heterocycles. The van der Waals surface area contributed by atoms with Gasteiger partial charge < -0.3 is 10.6 Å². The van der Waals surface area contributed by atoms with E-state index in [1.807, 2.05) is 32.0 Å². The second-order valence-corrected chi connectivity index (χ2v) is 5.69. The van der Waals surface area contributed by atoms with Crippen LogP contribution in [0.3, 0.4) is 0 Å². The molecule has 0 aliphatic carbocycles. The highest BCUT2D eigenvalue weighted by atomic mass is 19.1. The van der Waals surface area contributed by atoms with Crippen molar-refractivity contribution in [2.45, 2.75) is 26.8 Å². The molecule has 3 nitrogen and oxygen atoms in total. The lowest BCUT2D eigenvalue weighted by Gasteiger charge is -2.19. The average molecular weight is 298 g/mol. The molecular formula is C18H19FN2O. The Balaban J connectivity index is 1.90. The van der Waals surface area contributed by atoms with Crippen molar-refractivity contribution >= 4 is 11.6 Å². The minimum Gasteiger partial charge on any atom is -0.319 e. The van der Waals surface area contributed by atoms with Gasteiger partial charge in [-0.25, -0.2) is 4.39 Å². The third kappa shape index (κ3) is 2.62. The fourth-order valence-electron chi connectivity index (χ4n) is 2.82. The first-order valence-electron chi connectivity index (χ1n) is 7.46. The van der Waals surface area contributed by atoms with Crippen molar-refractivity contribution in [3.05, 3.63) is 64.0 Å². The number of aryl methyl sites for hydroxylation is 1. The maximum Gasteiger partial charge on any atom is 0.256 e. The van der Waals surface area contributed by atoms with Crippen LogP contribution in [-0.4, -0.2) is 12.5 Å². The lowest BCUT2D eigenvalue weighted by atomic mass is 9.99. The van der Waals surface area contributed by atoms with Crippen molar-refractivity contribution in [1.29, 1.82) is 0 Å². The Morgan fingerprint density at radius 1 is 1.23 bits per heavy atom. The van der Waals surface area contributed by atoms with Crippen LogP contribution in [0, 0.1) is 19.7 Å². The van der Waals surface area contributed by atoms with Crippen molar-refractivity contribution in [3.63, 3.8) is 0 Å². The van der Waals surface area contributed by atoms with Gasteiger partial charge >= 0.3 is 0 Å². The van der Waals surface area contributed by atoms with Crippen LogP contribution in [0.4, 0.5) is 10.1 Å². The number of hydrogen-bond donors (Lipinski definition) is 2.